The Morgan fingerprint density at radius 1 is 1.33 bits per heavy atom. The number of hydrogen-bond acceptors (Lipinski definition) is 5. The Labute approximate surface area is 164 Å². The highest BCUT2D eigenvalue weighted by molar-refractivity contribution is 6.39. The summed E-state index contributed by atoms with van der Waals surface area (Å²) in [6.45, 7) is 6.49. The number of carbonyl (C=O) groups is 1. The lowest BCUT2D eigenvalue weighted by atomic mass is 9.92. The number of nitrogens with two attached hydrogens (primary N) is 1. The monoisotopic (exact) mass is 385 g/mol. The van der Waals surface area contributed by atoms with Crippen molar-refractivity contribution in [3.05, 3.63) is 28.4 Å². The number of anilines is 1. The summed E-state index contributed by atoms with van der Waals surface area (Å²) in [6.07, 6.45) is 0. The molecule has 2 radical (unpaired) electrons. The molecule has 1 aromatic heterocycles. The molecule has 0 aliphatic carbocycles. The van der Waals surface area contributed by atoms with Crippen LogP contribution in [0.1, 0.15) is 32.0 Å². The lowest BCUT2D eigenvalue weighted by Gasteiger charge is -2.25. The number of fused-ring (bicyclic) bond motifs is 1. The van der Waals surface area contributed by atoms with Crippen molar-refractivity contribution in [2.24, 2.45) is 0 Å². The van der Waals surface area contributed by atoms with Crippen LogP contribution >= 0.6 is 11.6 Å². The normalized spacial score (nSPS) is 13.4. The summed E-state index contributed by atoms with van der Waals surface area (Å²) in [5.41, 5.74) is 8.71. The van der Waals surface area contributed by atoms with Gasteiger partial charge >= 0.3 is 6.03 Å². The molecular formula is C18H21BClN5O2. The number of aromatic nitrogens is 2. The van der Waals surface area contributed by atoms with Crippen LogP contribution in [0, 0.1) is 0 Å². The fourth-order valence-corrected chi connectivity index (χ4v) is 3.23. The molecule has 0 saturated heterocycles. The van der Waals surface area contributed by atoms with E-state index in [0.29, 0.717) is 46.3 Å². The summed E-state index contributed by atoms with van der Waals surface area (Å²) < 4.78 is 5.29. The van der Waals surface area contributed by atoms with Crippen LogP contribution in [0.25, 0.3) is 11.3 Å². The number of halogens is 1. The molecule has 3 N–H and O–H groups in total. The van der Waals surface area contributed by atoms with Gasteiger partial charge in [0.1, 0.15) is 13.6 Å². The molecular weight excluding hydrogens is 364 g/mol. The van der Waals surface area contributed by atoms with Crippen LogP contribution in [0.4, 0.5) is 10.7 Å². The van der Waals surface area contributed by atoms with E-state index < -0.39 is 0 Å². The van der Waals surface area contributed by atoms with Crippen LogP contribution in [-0.4, -0.2) is 41.4 Å². The molecule has 3 rings (SSSR count). The van der Waals surface area contributed by atoms with E-state index in [1.165, 1.54) is 7.11 Å². The summed E-state index contributed by atoms with van der Waals surface area (Å²) in [4.78, 5) is 22.9. The van der Waals surface area contributed by atoms with Crippen LogP contribution in [0.15, 0.2) is 12.1 Å². The maximum atomic E-state index is 12.5. The van der Waals surface area contributed by atoms with Gasteiger partial charge in [-0.25, -0.2) is 14.8 Å². The fourth-order valence-electron chi connectivity index (χ4n) is 2.97. The average molecular weight is 386 g/mol. The van der Waals surface area contributed by atoms with E-state index in [4.69, 9.17) is 29.9 Å². The number of methoxy groups -OCH3 is 1. The molecule has 0 bridgehead atoms. The number of benzene rings is 1. The highest BCUT2D eigenvalue weighted by atomic mass is 35.5. The first-order chi connectivity index (χ1) is 12.6. The van der Waals surface area contributed by atoms with E-state index in [0.717, 1.165) is 5.56 Å². The minimum absolute atomic E-state index is 0.119. The fraction of sp³-hybridized carbons (Fsp3) is 0.389. The number of carbonyl (C=O) groups excluding carboxylic acids is 1. The molecule has 1 aromatic carbocycles. The van der Waals surface area contributed by atoms with Crippen molar-refractivity contribution in [1.82, 2.24) is 20.2 Å². The summed E-state index contributed by atoms with van der Waals surface area (Å²) >= 11 is 6.40. The lowest BCUT2D eigenvalue weighted by Crippen LogP contribution is -2.46. The van der Waals surface area contributed by atoms with E-state index >= 15 is 0 Å². The first-order valence-corrected chi connectivity index (χ1v) is 8.82. The van der Waals surface area contributed by atoms with Gasteiger partial charge < -0.3 is 20.7 Å². The zero-order chi connectivity index (χ0) is 19.9. The minimum atomic E-state index is -0.340. The lowest BCUT2D eigenvalue weighted by molar-refractivity contribution is 0.189. The van der Waals surface area contributed by atoms with Gasteiger partial charge in [0.25, 0.3) is 0 Å². The van der Waals surface area contributed by atoms with Crippen molar-refractivity contribution < 1.29 is 9.53 Å². The Kier molecular flexibility index (Phi) is 4.95. The molecule has 0 saturated carbocycles. The predicted molar refractivity (Wildman–Crippen MR) is 106 cm³/mol. The van der Waals surface area contributed by atoms with E-state index in [-0.39, 0.29) is 17.5 Å². The van der Waals surface area contributed by atoms with Crippen molar-refractivity contribution in [1.29, 1.82) is 0 Å². The van der Waals surface area contributed by atoms with Gasteiger partial charge in [0, 0.05) is 21.7 Å². The van der Waals surface area contributed by atoms with Crippen LogP contribution < -0.4 is 21.3 Å². The van der Waals surface area contributed by atoms with Gasteiger partial charge in [-0.2, -0.15) is 0 Å². The summed E-state index contributed by atoms with van der Waals surface area (Å²) in [5.74, 6) is 0.606. The summed E-state index contributed by atoms with van der Waals surface area (Å²) in [7, 11) is 7.44. The maximum Gasteiger partial charge on any atom is 0.318 e. The van der Waals surface area contributed by atoms with Gasteiger partial charge in [-0.15, -0.1) is 0 Å². The average Bonchev–Trinajstić information content (AvgIpc) is 2.97. The molecule has 0 atom stereocenters. The molecule has 1 aliphatic heterocycles. The Balaban J connectivity index is 2.02. The van der Waals surface area contributed by atoms with E-state index in [1.54, 1.807) is 17.0 Å². The quantitative estimate of drug-likeness (QED) is 0.771. The summed E-state index contributed by atoms with van der Waals surface area (Å²) in [5, 5.41) is 3.37. The smallest absolute Gasteiger partial charge is 0.318 e. The standard InChI is InChI=1S/C18H21BClN5O2/c1-18(2,3)24-17(26)25-7-10-13(8-25)22-16(21)23-15(10)9-5-14(27-4)11(19)6-12(9)20/h5-6H,7-8H2,1-4H3,(H,24,26)(H2,21,22,23). The highest BCUT2D eigenvalue weighted by Gasteiger charge is 2.30. The summed E-state index contributed by atoms with van der Waals surface area (Å²) in [6, 6.07) is 3.16. The van der Waals surface area contributed by atoms with Gasteiger partial charge in [-0.05, 0) is 32.9 Å². The van der Waals surface area contributed by atoms with Crippen molar-refractivity contribution in [3.63, 3.8) is 0 Å². The molecule has 0 spiro atoms. The number of nitrogens with one attached hydrogen (secondary N) is 1. The van der Waals surface area contributed by atoms with E-state index in [2.05, 4.69) is 15.3 Å². The first kappa shape index (κ1) is 19.3. The number of amides is 2. The molecule has 0 fully saturated rings. The molecule has 9 heteroatoms. The topological polar surface area (TPSA) is 93.4 Å². The van der Waals surface area contributed by atoms with Gasteiger partial charge in [0.2, 0.25) is 5.95 Å². The SMILES string of the molecule is [B]c1cc(Cl)c(-c2nc(N)nc3c2CN(C(=O)NC(C)(C)C)C3)cc1OC. The third-order valence-corrected chi connectivity index (χ3v) is 4.46. The Hall–Kier alpha value is -2.48. The first-order valence-electron chi connectivity index (χ1n) is 8.45. The minimum Gasteiger partial charge on any atom is -0.497 e. The second kappa shape index (κ2) is 6.92. The third kappa shape index (κ3) is 3.95. The maximum absolute atomic E-state index is 12.5. The van der Waals surface area contributed by atoms with Crippen molar-refractivity contribution in [3.8, 4) is 17.0 Å². The van der Waals surface area contributed by atoms with Crippen molar-refractivity contribution in [2.45, 2.75) is 39.4 Å². The largest absolute Gasteiger partial charge is 0.497 e. The Morgan fingerprint density at radius 3 is 2.67 bits per heavy atom. The number of hydrogen-bond donors (Lipinski definition) is 2. The third-order valence-electron chi connectivity index (χ3n) is 4.14. The van der Waals surface area contributed by atoms with Gasteiger partial charge in [-0.3, -0.25) is 0 Å². The van der Waals surface area contributed by atoms with E-state index in [1.807, 2.05) is 20.8 Å². The number of urea groups is 1. The second-order valence-corrected chi connectivity index (χ2v) is 7.87. The number of ether oxygens (including phenoxy) is 1. The number of nitrogen functional groups attached to an aromatic ring is 1. The second-order valence-electron chi connectivity index (χ2n) is 7.47. The Morgan fingerprint density at radius 2 is 2.04 bits per heavy atom. The van der Waals surface area contributed by atoms with Crippen LogP contribution in [0.2, 0.25) is 5.02 Å². The van der Waals surface area contributed by atoms with Crippen molar-refractivity contribution >= 4 is 36.9 Å². The van der Waals surface area contributed by atoms with Crippen molar-refractivity contribution in [2.75, 3.05) is 12.8 Å². The van der Waals surface area contributed by atoms with Gasteiger partial charge in [-0.1, -0.05) is 17.1 Å². The molecule has 2 aromatic rings. The molecule has 1 aliphatic rings. The number of rotatable bonds is 2. The molecule has 7 nitrogen and oxygen atoms in total. The molecule has 140 valence electrons. The molecule has 27 heavy (non-hydrogen) atoms. The van der Waals surface area contributed by atoms with Crippen LogP contribution in [0.3, 0.4) is 0 Å². The van der Waals surface area contributed by atoms with Crippen LogP contribution in [0.5, 0.6) is 5.75 Å². The van der Waals surface area contributed by atoms with E-state index in [9.17, 15) is 4.79 Å². The molecule has 0 unspecified atom stereocenters. The van der Waals surface area contributed by atoms with Gasteiger partial charge in [0.15, 0.2) is 0 Å². The molecule has 2 heterocycles. The molecule has 2 amide bonds. The zero-order valence-electron chi connectivity index (χ0n) is 15.8. The van der Waals surface area contributed by atoms with Crippen LogP contribution in [-0.2, 0) is 13.1 Å². The Bertz CT molecular complexity index is 914. The predicted octanol–water partition coefficient (Wildman–Crippen LogP) is 2.01. The van der Waals surface area contributed by atoms with Gasteiger partial charge in [0.05, 0.1) is 31.6 Å². The highest BCUT2D eigenvalue weighted by Crippen LogP contribution is 2.36. The number of nitrogens with zero attached hydrogens (tertiary/aromatic N) is 3. The zero-order valence-corrected chi connectivity index (χ0v) is 16.5.